The van der Waals surface area contributed by atoms with Crippen LogP contribution in [0.3, 0.4) is 0 Å². The van der Waals surface area contributed by atoms with E-state index in [0.29, 0.717) is 17.2 Å². The molecular weight excluding hydrogens is 343 g/mol. The first kappa shape index (κ1) is 16.9. The molecule has 134 valence electrons. The number of fused-ring (bicyclic) bond motifs is 1. The number of rotatable bonds is 4. The minimum atomic E-state index is -0.476. The second-order valence-corrected chi connectivity index (χ2v) is 6.09. The van der Waals surface area contributed by atoms with Gasteiger partial charge in [-0.25, -0.2) is 13.9 Å². The Hall–Kier alpha value is -3.54. The van der Waals surface area contributed by atoms with E-state index in [4.69, 9.17) is 0 Å². The molecule has 0 aliphatic heterocycles. The molecule has 2 heterocycles. The Balaban J connectivity index is 1.95. The minimum Gasteiger partial charge on any atom is -0.325 e. The van der Waals surface area contributed by atoms with Crippen LogP contribution in [-0.4, -0.2) is 14.5 Å². The Morgan fingerprint density at radius 2 is 1.89 bits per heavy atom. The number of anilines is 2. The molecule has 2 aromatic carbocycles. The number of aromatic nitrogens is 3. The summed E-state index contributed by atoms with van der Waals surface area (Å²) in [5, 5.41) is 3.39. The summed E-state index contributed by atoms with van der Waals surface area (Å²) in [7, 11) is 0. The van der Waals surface area contributed by atoms with Crippen molar-refractivity contribution in [1.29, 1.82) is 0 Å². The van der Waals surface area contributed by atoms with Crippen LogP contribution in [0.15, 0.2) is 71.7 Å². The monoisotopic (exact) mass is 360 g/mol. The first-order valence-corrected chi connectivity index (χ1v) is 8.65. The van der Waals surface area contributed by atoms with Gasteiger partial charge in [-0.2, -0.15) is 0 Å². The minimum absolute atomic E-state index is 0.216. The zero-order valence-corrected chi connectivity index (χ0v) is 14.7. The van der Waals surface area contributed by atoms with Crippen LogP contribution in [0.5, 0.6) is 0 Å². The molecule has 1 N–H and O–H groups in total. The third-order valence-corrected chi connectivity index (χ3v) is 4.29. The smallest absolute Gasteiger partial charge is 0.267 e. The van der Waals surface area contributed by atoms with Crippen LogP contribution in [0.4, 0.5) is 16.0 Å². The highest BCUT2D eigenvalue weighted by molar-refractivity contribution is 5.80. The Kier molecular flexibility index (Phi) is 4.38. The molecule has 0 saturated heterocycles. The fourth-order valence-electron chi connectivity index (χ4n) is 2.89. The van der Waals surface area contributed by atoms with E-state index in [2.05, 4.69) is 15.3 Å². The van der Waals surface area contributed by atoms with Crippen LogP contribution in [-0.2, 0) is 6.42 Å². The third-order valence-electron chi connectivity index (χ3n) is 4.29. The van der Waals surface area contributed by atoms with Gasteiger partial charge in [0.15, 0.2) is 0 Å². The molecular formula is C21H17FN4O. The van der Waals surface area contributed by atoms with Crippen molar-refractivity contribution in [2.24, 2.45) is 0 Å². The maximum Gasteiger partial charge on any atom is 0.267 e. The van der Waals surface area contributed by atoms with Gasteiger partial charge in [-0.15, -0.1) is 0 Å². The number of benzene rings is 2. The lowest BCUT2D eigenvalue weighted by molar-refractivity contribution is 0.629. The number of halogens is 1. The number of para-hydroxylation sites is 1. The molecule has 0 saturated carbocycles. The average molecular weight is 360 g/mol. The number of nitrogens with zero attached hydrogens (tertiary/aromatic N) is 3. The molecule has 5 nitrogen and oxygen atoms in total. The van der Waals surface area contributed by atoms with Crippen molar-refractivity contribution in [2.45, 2.75) is 13.3 Å². The molecule has 0 unspecified atom stereocenters. The summed E-state index contributed by atoms with van der Waals surface area (Å²) >= 11 is 0. The summed E-state index contributed by atoms with van der Waals surface area (Å²) in [6.45, 7) is 2.01. The molecule has 4 rings (SSSR count). The van der Waals surface area contributed by atoms with E-state index in [9.17, 15) is 9.18 Å². The third kappa shape index (κ3) is 3.29. The number of pyridine rings is 1. The van der Waals surface area contributed by atoms with Gasteiger partial charge in [0.2, 0.25) is 5.95 Å². The highest BCUT2D eigenvalue weighted by atomic mass is 19.1. The van der Waals surface area contributed by atoms with Crippen LogP contribution < -0.4 is 10.9 Å². The zero-order valence-electron chi connectivity index (χ0n) is 14.7. The SMILES string of the molecule is CCc1ccc(-n2c(Nc3ccccc3)nc3ccc(F)cc3c2=O)cn1. The molecule has 27 heavy (non-hydrogen) atoms. The van der Waals surface area contributed by atoms with E-state index in [1.54, 1.807) is 6.20 Å². The summed E-state index contributed by atoms with van der Waals surface area (Å²) < 4.78 is 15.1. The van der Waals surface area contributed by atoms with E-state index < -0.39 is 5.82 Å². The highest BCUT2D eigenvalue weighted by Gasteiger charge is 2.14. The van der Waals surface area contributed by atoms with Gasteiger partial charge in [0.25, 0.3) is 5.56 Å². The quantitative estimate of drug-likeness (QED) is 0.592. The average Bonchev–Trinajstić information content (AvgIpc) is 2.70. The predicted octanol–water partition coefficient (Wildman–Crippen LogP) is 4.23. The second-order valence-electron chi connectivity index (χ2n) is 6.09. The van der Waals surface area contributed by atoms with Crippen molar-refractivity contribution in [3.8, 4) is 5.69 Å². The number of nitrogens with one attached hydrogen (secondary N) is 1. The van der Waals surface area contributed by atoms with Gasteiger partial charge < -0.3 is 5.32 Å². The molecule has 0 bridgehead atoms. The van der Waals surface area contributed by atoms with Crippen molar-refractivity contribution in [1.82, 2.24) is 14.5 Å². The van der Waals surface area contributed by atoms with Gasteiger partial charge in [-0.05, 0) is 48.9 Å². The molecule has 0 radical (unpaired) electrons. The Labute approximate surface area is 155 Å². The molecule has 0 atom stereocenters. The fraction of sp³-hybridized carbons (Fsp3) is 0.0952. The van der Waals surface area contributed by atoms with Crippen molar-refractivity contribution in [3.05, 3.63) is 88.7 Å². The van der Waals surface area contributed by atoms with Crippen molar-refractivity contribution < 1.29 is 4.39 Å². The predicted molar refractivity (Wildman–Crippen MR) is 104 cm³/mol. The van der Waals surface area contributed by atoms with Gasteiger partial charge in [0, 0.05) is 11.4 Å². The van der Waals surface area contributed by atoms with Crippen LogP contribution in [0.25, 0.3) is 16.6 Å². The largest absolute Gasteiger partial charge is 0.325 e. The molecule has 0 aliphatic carbocycles. The Morgan fingerprint density at radius 3 is 2.59 bits per heavy atom. The lowest BCUT2D eigenvalue weighted by Crippen LogP contribution is -2.23. The van der Waals surface area contributed by atoms with Crippen LogP contribution in [0, 0.1) is 5.82 Å². The summed E-state index contributed by atoms with van der Waals surface area (Å²) in [6.07, 6.45) is 2.43. The van der Waals surface area contributed by atoms with Crippen LogP contribution in [0.2, 0.25) is 0 Å². The van der Waals surface area contributed by atoms with E-state index >= 15 is 0 Å². The summed E-state index contributed by atoms with van der Waals surface area (Å²) in [5.74, 6) is -0.132. The summed E-state index contributed by atoms with van der Waals surface area (Å²) in [5.41, 5.74) is 2.34. The van der Waals surface area contributed by atoms with Crippen molar-refractivity contribution >= 4 is 22.5 Å². The molecule has 0 spiro atoms. The maximum absolute atomic E-state index is 13.7. The van der Waals surface area contributed by atoms with E-state index in [0.717, 1.165) is 17.8 Å². The highest BCUT2D eigenvalue weighted by Crippen LogP contribution is 2.20. The van der Waals surface area contributed by atoms with Gasteiger partial charge >= 0.3 is 0 Å². The zero-order chi connectivity index (χ0) is 18.8. The first-order valence-electron chi connectivity index (χ1n) is 8.65. The number of hydrogen-bond donors (Lipinski definition) is 1. The van der Waals surface area contributed by atoms with Gasteiger partial charge in [-0.1, -0.05) is 25.1 Å². The number of hydrogen-bond acceptors (Lipinski definition) is 4. The summed E-state index contributed by atoms with van der Waals surface area (Å²) in [6, 6.07) is 17.1. The second kappa shape index (κ2) is 6.99. The van der Waals surface area contributed by atoms with Crippen molar-refractivity contribution in [3.63, 3.8) is 0 Å². The van der Waals surface area contributed by atoms with Gasteiger partial charge in [0.05, 0.1) is 22.8 Å². The lowest BCUT2D eigenvalue weighted by atomic mass is 10.2. The molecule has 0 aliphatic rings. The maximum atomic E-state index is 13.7. The first-order chi connectivity index (χ1) is 13.2. The molecule has 0 amide bonds. The molecule has 2 aromatic heterocycles. The van der Waals surface area contributed by atoms with Crippen molar-refractivity contribution in [2.75, 3.05) is 5.32 Å². The van der Waals surface area contributed by atoms with E-state index in [1.165, 1.54) is 22.8 Å². The van der Waals surface area contributed by atoms with Gasteiger partial charge in [-0.3, -0.25) is 9.78 Å². The van der Waals surface area contributed by atoms with Crippen LogP contribution in [0.1, 0.15) is 12.6 Å². The normalized spacial score (nSPS) is 10.9. The van der Waals surface area contributed by atoms with Gasteiger partial charge in [0.1, 0.15) is 5.82 Å². The summed E-state index contributed by atoms with van der Waals surface area (Å²) in [4.78, 5) is 22.1. The fourth-order valence-corrected chi connectivity index (χ4v) is 2.89. The van der Waals surface area contributed by atoms with E-state index in [1.807, 2.05) is 49.4 Å². The standard InChI is InChI=1S/C21H17FN4O/c1-2-15-9-10-17(13-23-15)26-20(27)18-12-14(22)8-11-19(18)25-21(26)24-16-6-4-3-5-7-16/h3-13H,2H2,1H3,(H,24,25). The molecule has 4 aromatic rings. The Bertz CT molecular complexity index is 1150. The number of aryl methyl sites for hydroxylation is 1. The topological polar surface area (TPSA) is 59.8 Å². The Morgan fingerprint density at radius 1 is 1.07 bits per heavy atom. The molecule has 0 fully saturated rings. The molecule has 6 heteroatoms. The lowest BCUT2D eigenvalue weighted by Gasteiger charge is -2.15. The van der Waals surface area contributed by atoms with Crippen LogP contribution >= 0.6 is 0 Å². The van der Waals surface area contributed by atoms with E-state index in [-0.39, 0.29) is 10.9 Å².